The van der Waals surface area contributed by atoms with E-state index in [1.54, 1.807) is 38.1 Å². The van der Waals surface area contributed by atoms with Gasteiger partial charge in [0.2, 0.25) is 11.6 Å². The molecular formula is C37H47N3O10. The van der Waals surface area contributed by atoms with Gasteiger partial charge in [-0.3, -0.25) is 24.1 Å². The van der Waals surface area contributed by atoms with Crippen LogP contribution in [0.3, 0.4) is 0 Å². The minimum Gasteiger partial charge on any atom is -0.496 e. The van der Waals surface area contributed by atoms with Gasteiger partial charge >= 0.3 is 6.09 Å². The van der Waals surface area contributed by atoms with Gasteiger partial charge < -0.3 is 35.5 Å². The Bertz CT molecular complexity index is 1640. The van der Waals surface area contributed by atoms with Gasteiger partial charge in [-0.1, -0.05) is 50.3 Å². The van der Waals surface area contributed by atoms with Gasteiger partial charge in [-0.25, -0.2) is 4.79 Å². The lowest BCUT2D eigenvalue weighted by Gasteiger charge is -2.30. The van der Waals surface area contributed by atoms with Crippen molar-refractivity contribution in [2.24, 2.45) is 23.3 Å². The highest BCUT2D eigenvalue weighted by atomic mass is 16.6. The number of rotatable bonds is 7. The van der Waals surface area contributed by atoms with Gasteiger partial charge in [0.25, 0.3) is 5.91 Å². The average Bonchev–Trinajstić information content (AvgIpc) is 3.09. The van der Waals surface area contributed by atoms with E-state index in [2.05, 4.69) is 0 Å². The number of para-hydroxylation sites is 1. The first-order valence-corrected chi connectivity index (χ1v) is 16.2. The molecule has 13 heteroatoms. The maximum atomic E-state index is 14.1. The topological polar surface area (TPSA) is 198 Å². The highest BCUT2D eigenvalue weighted by molar-refractivity contribution is 6.24. The summed E-state index contributed by atoms with van der Waals surface area (Å²) in [4.78, 5) is 67.9. The van der Waals surface area contributed by atoms with Crippen molar-refractivity contribution in [3.8, 4) is 5.75 Å². The second-order valence-electron chi connectivity index (χ2n) is 12.5. The first-order valence-electron chi connectivity index (χ1n) is 16.2. The summed E-state index contributed by atoms with van der Waals surface area (Å²) in [6.45, 7) is 6.17. The van der Waals surface area contributed by atoms with Crippen LogP contribution < -0.4 is 16.2 Å². The summed E-state index contributed by atoms with van der Waals surface area (Å²) in [5.74, 6) is -3.21. The fourth-order valence-corrected chi connectivity index (χ4v) is 6.06. The number of primary amides is 1. The van der Waals surface area contributed by atoms with Crippen molar-refractivity contribution in [2.75, 3.05) is 27.9 Å². The summed E-state index contributed by atoms with van der Waals surface area (Å²) in [5, 5.41) is 11.3. The van der Waals surface area contributed by atoms with Crippen LogP contribution in [-0.4, -0.2) is 91.6 Å². The standard InChI is InChI=1S/C37H47N3O10/c1-20-15-25-32(38)27(41)18-26(34(25)44)40(19-28(42)24-12-8-9-13-29(24)47-5)36(45)21(2)11-10-14-30(48-6)35(50-37(39)46)23(4)17-22(3)33(43)31(16-20)49-7/h8-14,17-18,20,22,30-31,33,35,43H,15-16,19,38H2,1-7H3,(H2,39,46)/b14-10-,21-11+,23-17+/t20-,22+,30+,31+,33-,35+/m1/s1. The van der Waals surface area contributed by atoms with Crippen LogP contribution in [0.25, 0.3) is 0 Å². The number of fused-ring (bicyclic) bond motifs is 2. The first-order chi connectivity index (χ1) is 23.6. The van der Waals surface area contributed by atoms with Crippen LogP contribution in [0.5, 0.6) is 5.75 Å². The Balaban J connectivity index is 2.20. The number of hydrogen-bond acceptors (Lipinski definition) is 11. The molecule has 1 heterocycles. The van der Waals surface area contributed by atoms with Crippen LogP contribution in [-0.2, 0) is 28.6 Å². The summed E-state index contributed by atoms with van der Waals surface area (Å²) in [5.41, 5.74) is 11.8. The van der Waals surface area contributed by atoms with Crippen molar-refractivity contribution in [3.63, 3.8) is 0 Å². The number of amides is 2. The van der Waals surface area contributed by atoms with Gasteiger partial charge in [0.15, 0.2) is 11.9 Å². The Hall–Kier alpha value is -4.85. The van der Waals surface area contributed by atoms with E-state index in [1.165, 1.54) is 52.5 Å². The van der Waals surface area contributed by atoms with E-state index in [0.717, 1.165) is 11.0 Å². The van der Waals surface area contributed by atoms with E-state index in [9.17, 15) is 29.1 Å². The third-order valence-corrected chi connectivity index (χ3v) is 8.79. The molecule has 50 heavy (non-hydrogen) atoms. The molecule has 1 aromatic rings. The maximum absolute atomic E-state index is 14.1. The minimum absolute atomic E-state index is 0.00973. The second kappa shape index (κ2) is 17.7. The number of methoxy groups -OCH3 is 3. The van der Waals surface area contributed by atoms with Crippen LogP contribution in [0, 0.1) is 11.8 Å². The number of benzene rings is 1. The molecule has 0 radical (unpaired) electrons. The van der Waals surface area contributed by atoms with E-state index < -0.39 is 66.2 Å². The molecule has 0 saturated heterocycles. The Morgan fingerprint density at radius 3 is 2.34 bits per heavy atom. The molecule has 2 bridgehead atoms. The fourth-order valence-electron chi connectivity index (χ4n) is 6.06. The Labute approximate surface area is 292 Å². The van der Waals surface area contributed by atoms with Crippen LogP contribution in [0.1, 0.15) is 50.9 Å². The zero-order valence-electron chi connectivity index (χ0n) is 29.5. The smallest absolute Gasteiger partial charge is 0.405 e. The second-order valence-corrected chi connectivity index (χ2v) is 12.5. The lowest BCUT2D eigenvalue weighted by Crippen LogP contribution is -2.41. The van der Waals surface area contributed by atoms with Gasteiger partial charge in [0, 0.05) is 37.4 Å². The molecule has 1 aliphatic carbocycles. The largest absolute Gasteiger partial charge is 0.496 e. The molecule has 0 spiro atoms. The zero-order chi connectivity index (χ0) is 37.3. The summed E-state index contributed by atoms with van der Waals surface area (Å²) >= 11 is 0. The van der Waals surface area contributed by atoms with Crippen LogP contribution >= 0.6 is 0 Å². The van der Waals surface area contributed by atoms with Crippen molar-refractivity contribution in [1.82, 2.24) is 4.90 Å². The molecule has 1 aliphatic heterocycles. The lowest BCUT2D eigenvalue weighted by molar-refractivity contribution is -0.128. The Morgan fingerprint density at radius 2 is 1.72 bits per heavy atom. The molecule has 0 saturated carbocycles. The maximum Gasteiger partial charge on any atom is 0.405 e. The van der Waals surface area contributed by atoms with Gasteiger partial charge in [-0.05, 0) is 50.3 Å². The van der Waals surface area contributed by atoms with E-state index in [-0.39, 0.29) is 52.6 Å². The predicted octanol–water partition coefficient (Wildman–Crippen LogP) is 3.32. The Kier molecular flexibility index (Phi) is 14.0. The predicted molar refractivity (Wildman–Crippen MR) is 185 cm³/mol. The molecule has 2 aliphatic rings. The molecular weight excluding hydrogens is 646 g/mol. The molecule has 13 nitrogen and oxygen atoms in total. The number of allylic oxidation sites excluding steroid dienone is 4. The fraction of sp³-hybridized carbons (Fsp3) is 0.432. The average molecular weight is 694 g/mol. The highest BCUT2D eigenvalue weighted by Gasteiger charge is 2.36. The quantitative estimate of drug-likeness (QED) is 0.215. The zero-order valence-corrected chi connectivity index (χ0v) is 29.5. The normalized spacial score (nSPS) is 28.6. The molecule has 270 valence electrons. The number of carbonyl (C=O) groups is 5. The monoisotopic (exact) mass is 693 g/mol. The molecule has 0 unspecified atom stereocenters. The number of ether oxygens (including phenoxy) is 4. The Morgan fingerprint density at radius 1 is 1.04 bits per heavy atom. The SMILES string of the molecule is COc1ccccc1C(=O)CN1C(=O)/C(C)=C/C=C\[C@H](OC)[C@@H](OC(N)=O)/C(C)=C/[C@H](C)[C@@H](O)[C@@H](OC)C[C@H](C)CC2=C(N)C(=O)C=C1C2=O. The van der Waals surface area contributed by atoms with Gasteiger partial charge in [-0.2, -0.15) is 0 Å². The van der Waals surface area contributed by atoms with Gasteiger partial charge in [-0.15, -0.1) is 0 Å². The molecule has 2 amide bonds. The molecule has 0 fully saturated rings. The summed E-state index contributed by atoms with van der Waals surface area (Å²) in [6, 6.07) is 6.44. The number of nitrogens with two attached hydrogens (primary N) is 2. The molecule has 5 N–H and O–H groups in total. The number of nitrogens with zero attached hydrogens (tertiary/aromatic N) is 1. The van der Waals surface area contributed by atoms with E-state index in [0.29, 0.717) is 5.57 Å². The molecule has 6 atom stereocenters. The lowest BCUT2D eigenvalue weighted by atomic mass is 9.85. The number of aliphatic hydroxyl groups excluding tert-OH is 1. The third kappa shape index (κ3) is 9.43. The van der Waals surface area contributed by atoms with Crippen LogP contribution in [0.4, 0.5) is 4.79 Å². The highest BCUT2D eigenvalue weighted by Crippen LogP contribution is 2.30. The summed E-state index contributed by atoms with van der Waals surface area (Å²) in [6.07, 6.45) is 2.78. The van der Waals surface area contributed by atoms with Crippen molar-refractivity contribution in [1.29, 1.82) is 0 Å². The number of hydrogen-bond donors (Lipinski definition) is 3. The van der Waals surface area contributed by atoms with Gasteiger partial charge in [0.05, 0.1) is 42.8 Å². The minimum atomic E-state index is -1.04. The molecule has 0 aromatic heterocycles. The third-order valence-electron chi connectivity index (χ3n) is 8.79. The van der Waals surface area contributed by atoms with Crippen molar-refractivity contribution in [3.05, 3.63) is 88.3 Å². The molecule has 1 aromatic carbocycles. The van der Waals surface area contributed by atoms with Crippen molar-refractivity contribution < 1.29 is 48.0 Å². The van der Waals surface area contributed by atoms with E-state index in [1.807, 2.05) is 6.92 Å². The van der Waals surface area contributed by atoms with Crippen molar-refractivity contribution >= 4 is 29.4 Å². The summed E-state index contributed by atoms with van der Waals surface area (Å²) < 4.78 is 22.0. The van der Waals surface area contributed by atoms with E-state index >= 15 is 0 Å². The summed E-state index contributed by atoms with van der Waals surface area (Å²) in [7, 11) is 4.25. The number of aliphatic hydroxyl groups is 1. The number of carbonyl (C=O) groups excluding carboxylic acids is 5. The van der Waals surface area contributed by atoms with E-state index in [4.69, 9.17) is 30.4 Å². The van der Waals surface area contributed by atoms with Crippen LogP contribution in [0.15, 0.2) is 82.8 Å². The van der Waals surface area contributed by atoms with Crippen LogP contribution in [0.2, 0.25) is 0 Å². The van der Waals surface area contributed by atoms with Crippen molar-refractivity contribution in [2.45, 2.75) is 65.0 Å². The number of Topliss-reactive ketones (excluding diaryl/α,β-unsaturated/α-hetero) is 2. The van der Waals surface area contributed by atoms with Gasteiger partial charge in [0.1, 0.15) is 11.9 Å². The molecule has 3 rings (SSSR count). The first kappa shape index (κ1) is 39.6. The number of ketones is 3.